The second kappa shape index (κ2) is 4.34. The summed E-state index contributed by atoms with van der Waals surface area (Å²) in [4.78, 5) is 21.1. The summed E-state index contributed by atoms with van der Waals surface area (Å²) < 4.78 is 0. The molecule has 1 aliphatic heterocycles. The van der Waals surface area contributed by atoms with Gasteiger partial charge in [-0.1, -0.05) is 0 Å². The van der Waals surface area contributed by atoms with Crippen LogP contribution in [0, 0.1) is 0 Å². The Balaban J connectivity index is 2.05. The van der Waals surface area contributed by atoms with Gasteiger partial charge in [-0.25, -0.2) is 4.98 Å². The van der Waals surface area contributed by atoms with E-state index in [2.05, 4.69) is 20.3 Å². The molecule has 0 amide bonds. The van der Waals surface area contributed by atoms with E-state index in [1.54, 1.807) is 6.20 Å². The molecule has 0 aromatic carbocycles. The van der Waals surface area contributed by atoms with E-state index in [0.29, 0.717) is 17.5 Å². The lowest BCUT2D eigenvalue weighted by molar-refractivity contribution is 0.121. The molecule has 0 spiro atoms. The second-order valence-corrected chi connectivity index (χ2v) is 4.73. The third kappa shape index (κ3) is 1.89. The highest BCUT2D eigenvalue weighted by atomic mass is 16.3. The van der Waals surface area contributed by atoms with Gasteiger partial charge >= 0.3 is 0 Å². The quantitative estimate of drug-likeness (QED) is 0.394. The number of nitrogen functional groups attached to an aromatic ring is 1. The molecule has 2 aromatic rings. The largest absolute Gasteiger partial charge is 0.395 e. The number of nitrogens with two attached hydrogens (primary N) is 1. The first kappa shape index (κ1) is 12.2. The Kier molecular flexibility index (Phi) is 2.77. The van der Waals surface area contributed by atoms with Crippen molar-refractivity contribution in [2.24, 2.45) is 0 Å². The van der Waals surface area contributed by atoms with Crippen LogP contribution in [-0.4, -0.2) is 43.9 Å². The Morgan fingerprint density at radius 1 is 1.53 bits per heavy atom. The Hall–Kier alpha value is -1.90. The number of fused-ring (bicyclic) bond motifs is 1. The Bertz CT molecular complexity index is 664. The molecule has 8 nitrogen and oxygen atoms in total. The maximum absolute atomic E-state index is 11.7. The lowest BCUT2D eigenvalue weighted by Crippen LogP contribution is -2.34. The Morgan fingerprint density at radius 3 is 3.00 bits per heavy atom. The van der Waals surface area contributed by atoms with E-state index >= 15 is 0 Å². The minimum atomic E-state index is -0.626. The van der Waals surface area contributed by atoms with Crippen LogP contribution in [0.25, 0.3) is 11.0 Å². The number of nitrogens with zero attached hydrogens (tertiary/aromatic N) is 1. The van der Waals surface area contributed by atoms with Gasteiger partial charge in [0.2, 0.25) is 5.95 Å². The predicted molar refractivity (Wildman–Crippen MR) is 68.5 cm³/mol. The van der Waals surface area contributed by atoms with Gasteiger partial charge in [-0.3, -0.25) is 9.78 Å². The molecule has 1 saturated heterocycles. The number of aliphatic hydroxyl groups is 2. The fraction of sp³-hybridized carbons (Fsp3) is 0.455. The van der Waals surface area contributed by atoms with Gasteiger partial charge in [0.1, 0.15) is 11.0 Å². The molecule has 3 atom stereocenters. The molecule has 1 aliphatic rings. The van der Waals surface area contributed by atoms with Crippen molar-refractivity contribution in [2.75, 3.05) is 12.3 Å². The standard InChI is InChI=1S/C11H15N5O3/c12-11-15-8-4(2-13-9(8)10(19)16-11)5-1-7(18)6(3-17)14-5/h2,5-7,13-14,17-18H,1,3H2,(H3,12,15,16,19)/t5-,6-,7-/m1/s1. The number of H-pyrrole nitrogens is 2. The summed E-state index contributed by atoms with van der Waals surface area (Å²) in [6, 6.07) is -0.538. The average Bonchev–Trinajstić information content (AvgIpc) is 2.92. The van der Waals surface area contributed by atoms with Crippen molar-refractivity contribution in [3.05, 3.63) is 22.1 Å². The number of rotatable bonds is 2. The lowest BCUT2D eigenvalue weighted by Gasteiger charge is -2.11. The number of hydrogen-bond donors (Lipinski definition) is 6. The van der Waals surface area contributed by atoms with E-state index in [1.165, 1.54) is 0 Å². The van der Waals surface area contributed by atoms with Crippen LogP contribution in [0.3, 0.4) is 0 Å². The highest BCUT2D eigenvalue weighted by molar-refractivity contribution is 5.79. The van der Waals surface area contributed by atoms with Crippen molar-refractivity contribution in [2.45, 2.75) is 24.6 Å². The number of aromatic nitrogens is 3. The first-order valence-corrected chi connectivity index (χ1v) is 6.02. The van der Waals surface area contributed by atoms with Gasteiger partial charge in [0.15, 0.2) is 0 Å². The zero-order valence-corrected chi connectivity index (χ0v) is 10.1. The van der Waals surface area contributed by atoms with Crippen molar-refractivity contribution in [1.29, 1.82) is 0 Å². The van der Waals surface area contributed by atoms with Crippen LogP contribution in [0.1, 0.15) is 18.0 Å². The highest BCUT2D eigenvalue weighted by Gasteiger charge is 2.34. The summed E-state index contributed by atoms with van der Waals surface area (Å²) in [7, 11) is 0. The van der Waals surface area contributed by atoms with Crippen LogP contribution in [-0.2, 0) is 0 Å². The Labute approximate surface area is 107 Å². The van der Waals surface area contributed by atoms with Crippen LogP contribution in [0.4, 0.5) is 5.95 Å². The van der Waals surface area contributed by atoms with E-state index in [0.717, 1.165) is 5.56 Å². The molecule has 1 fully saturated rings. The van der Waals surface area contributed by atoms with E-state index in [9.17, 15) is 9.90 Å². The van der Waals surface area contributed by atoms with Gasteiger partial charge in [-0.05, 0) is 6.42 Å². The second-order valence-electron chi connectivity index (χ2n) is 4.73. The number of aromatic amines is 2. The summed E-state index contributed by atoms with van der Waals surface area (Å²) in [5.74, 6) is 0.0515. The minimum Gasteiger partial charge on any atom is -0.395 e. The summed E-state index contributed by atoms with van der Waals surface area (Å²) in [6.07, 6.45) is 1.50. The summed E-state index contributed by atoms with van der Waals surface area (Å²) >= 11 is 0. The number of hydrogen-bond acceptors (Lipinski definition) is 6. The Morgan fingerprint density at radius 2 is 2.32 bits per heavy atom. The molecule has 0 aliphatic carbocycles. The van der Waals surface area contributed by atoms with Crippen LogP contribution < -0.4 is 16.6 Å². The van der Waals surface area contributed by atoms with Crippen molar-refractivity contribution in [1.82, 2.24) is 20.3 Å². The molecule has 0 bridgehead atoms. The SMILES string of the molecule is Nc1nc2c([C@H]3C[C@@H](O)[C@@H](CO)N3)c[nH]c2c(=O)[nH]1. The molecular formula is C11H15N5O3. The van der Waals surface area contributed by atoms with Crippen molar-refractivity contribution >= 4 is 17.0 Å². The van der Waals surface area contributed by atoms with Crippen LogP contribution in [0.15, 0.2) is 11.0 Å². The monoisotopic (exact) mass is 265 g/mol. The maximum Gasteiger partial charge on any atom is 0.276 e. The fourth-order valence-corrected chi connectivity index (χ4v) is 2.55. The van der Waals surface area contributed by atoms with Crippen molar-refractivity contribution < 1.29 is 10.2 Å². The number of anilines is 1. The van der Waals surface area contributed by atoms with Gasteiger partial charge in [-0.15, -0.1) is 0 Å². The van der Waals surface area contributed by atoms with Gasteiger partial charge in [0, 0.05) is 17.8 Å². The highest BCUT2D eigenvalue weighted by Crippen LogP contribution is 2.30. The summed E-state index contributed by atoms with van der Waals surface area (Å²) in [5.41, 5.74) is 6.83. The van der Waals surface area contributed by atoms with Crippen LogP contribution >= 0.6 is 0 Å². The lowest BCUT2D eigenvalue weighted by atomic mass is 10.1. The van der Waals surface area contributed by atoms with Gasteiger partial charge in [-0.2, -0.15) is 0 Å². The minimum absolute atomic E-state index is 0.0515. The molecule has 7 N–H and O–H groups in total. The molecule has 102 valence electrons. The van der Waals surface area contributed by atoms with Crippen LogP contribution in [0.2, 0.25) is 0 Å². The molecule has 3 rings (SSSR count). The molecule has 3 heterocycles. The zero-order chi connectivity index (χ0) is 13.6. The van der Waals surface area contributed by atoms with E-state index in [4.69, 9.17) is 10.8 Å². The average molecular weight is 265 g/mol. The van der Waals surface area contributed by atoms with Crippen molar-refractivity contribution in [3.8, 4) is 0 Å². The third-order valence-electron chi connectivity index (χ3n) is 3.51. The molecule has 2 aromatic heterocycles. The first-order chi connectivity index (χ1) is 9.10. The molecule has 0 radical (unpaired) electrons. The topological polar surface area (TPSA) is 140 Å². The van der Waals surface area contributed by atoms with Crippen LogP contribution in [0.5, 0.6) is 0 Å². The van der Waals surface area contributed by atoms with Gasteiger partial charge < -0.3 is 26.2 Å². The molecular weight excluding hydrogens is 250 g/mol. The summed E-state index contributed by atoms with van der Waals surface area (Å²) in [6.45, 7) is -0.143. The van der Waals surface area contributed by atoms with E-state index < -0.39 is 6.10 Å². The van der Waals surface area contributed by atoms with Gasteiger partial charge in [0.05, 0.1) is 18.8 Å². The normalized spacial score (nSPS) is 27.2. The number of nitrogens with one attached hydrogen (secondary N) is 3. The van der Waals surface area contributed by atoms with E-state index in [1.807, 2.05) is 0 Å². The maximum atomic E-state index is 11.7. The molecule has 19 heavy (non-hydrogen) atoms. The predicted octanol–water partition coefficient (Wildman–Crippen LogP) is -1.41. The summed E-state index contributed by atoms with van der Waals surface area (Å²) in [5, 5.41) is 22.0. The third-order valence-corrected chi connectivity index (χ3v) is 3.51. The molecule has 0 saturated carbocycles. The van der Waals surface area contributed by atoms with Gasteiger partial charge in [0.25, 0.3) is 5.56 Å². The van der Waals surface area contributed by atoms with E-state index in [-0.39, 0.29) is 30.2 Å². The first-order valence-electron chi connectivity index (χ1n) is 6.02. The van der Waals surface area contributed by atoms with Crippen molar-refractivity contribution in [3.63, 3.8) is 0 Å². The smallest absolute Gasteiger partial charge is 0.276 e. The molecule has 8 heteroatoms. The fourth-order valence-electron chi connectivity index (χ4n) is 2.55. The zero-order valence-electron chi connectivity index (χ0n) is 10.1. The number of aliphatic hydroxyl groups excluding tert-OH is 2. The molecule has 0 unspecified atom stereocenters.